The van der Waals surface area contributed by atoms with Gasteiger partial charge in [0, 0.05) is 38.8 Å². The van der Waals surface area contributed by atoms with Crippen LogP contribution in [0.25, 0.3) is 0 Å². The Bertz CT molecular complexity index is 759. The van der Waals surface area contributed by atoms with Crippen LogP contribution in [0, 0.1) is 0 Å². The minimum Gasteiger partial charge on any atom is -0.493 e. The van der Waals surface area contributed by atoms with E-state index in [0.29, 0.717) is 24.6 Å². The molecule has 25 heavy (non-hydrogen) atoms. The first-order valence-corrected chi connectivity index (χ1v) is 8.19. The van der Waals surface area contributed by atoms with Gasteiger partial charge >= 0.3 is 0 Å². The van der Waals surface area contributed by atoms with Gasteiger partial charge in [0.05, 0.1) is 38.7 Å². The maximum absolute atomic E-state index is 11.0. The summed E-state index contributed by atoms with van der Waals surface area (Å²) in [6.07, 6.45) is 1.73. The number of nitrogens with zero attached hydrogens (tertiary/aromatic N) is 4. The van der Waals surface area contributed by atoms with E-state index in [-0.39, 0.29) is 5.91 Å². The van der Waals surface area contributed by atoms with Crippen molar-refractivity contribution < 1.29 is 14.3 Å². The van der Waals surface area contributed by atoms with Crippen molar-refractivity contribution in [3.63, 3.8) is 0 Å². The summed E-state index contributed by atoms with van der Waals surface area (Å²) in [4.78, 5) is 17.8. The second kappa shape index (κ2) is 7.52. The van der Waals surface area contributed by atoms with Gasteiger partial charge in [-0.2, -0.15) is 5.10 Å². The van der Waals surface area contributed by atoms with Gasteiger partial charge in [-0.25, -0.2) is 0 Å². The first kappa shape index (κ1) is 17.2. The van der Waals surface area contributed by atoms with Crippen LogP contribution in [-0.2, 0) is 31.0 Å². The highest BCUT2D eigenvalue weighted by atomic mass is 16.5. The maximum Gasteiger partial charge on any atom is 0.217 e. The van der Waals surface area contributed by atoms with E-state index in [1.165, 1.54) is 6.92 Å². The monoisotopic (exact) mass is 345 g/mol. The molecular weight excluding hydrogens is 322 g/mol. The van der Waals surface area contributed by atoms with E-state index in [4.69, 9.17) is 9.47 Å². The third-order valence-electron chi connectivity index (χ3n) is 4.19. The van der Waals surface area contributed by atoms with E-state index < -0.39 is 0 Å². The lowest BCUT2D eigenvalue weighted by Crippen LogP contribution is -2.33. The minimum absolute atomic E-state index is 0.0520. The Morgan fingerprint density at radius 2 is 2.16 bits per heavy atom. The number of aromatic nitrogens is 3. The summed E-state index contributed by atoms with van der Waals surface area (Å²) in [5.74, 6) is 1.31. The van der Waals surface area contributed by atoms with Crippen LogP contribution in [0.2, 0.25) is 0 Å². The molecule has 0 fully saturated rings. The number of rotatable bonds is 6. The summed E-state index contributed by atoms with van der Waals surface area (Å²) in [5, 5.41) is 7.32. The van der Waals surface area contributed by atoms with Crippen molar-refractivity contribution in [2.45, 2.75) is 33.1 Å². The zero-order chi connectivity index (χ0) is 17.8. The number of nitrogens with one attached hydrogen (secondary N) is 1. The SMILES string of the molecule is COc1ccnc(CN2CCn3nc(CNC(C)=O)cc3C2)c1OC. The van der Waals surface area contributed by atoms with Crippen molar-refractivity contribution in [1.82, 2.24) is 25.0 Å². The Morgan fingerprint density at radius 3 is 2.88 bits per heavy atom. The molecule has 8 nitrogen and oxygen atoms in total. The third kappa shape index (κ3) is 3.90. The van der Waals surface area contributed by atoms with Crippen molar-refractivity contribution in [3.8, 4) is 11.5 Å². The van der Waals surface area contributed by atoms with Crippen molar-refractivity contribution >= 4 is 5.91 Å². The third-order valence-corrected chi connectivity index (χ3v) is 4.19. The van der Waals surface area contributed by atoms with E-state index in [1.807, 2.05) is 10.7 Å². The molecule has 1 N–H and O–H groups in total. The minimum atomic E-state index is -0.0520. The normalized spacial score (nSPS) is 14.0. The molecule has 8 heteroatoms. The van der Waals surface area contributed by atoms with Crippen molar-refractivity contribution in [3.05, 3.63) is 35.4 Å². The van der Waals surface area contributed by atoms with Crippen LogP contribution in [0.4, 0.5) is 0 Å². The topological polar surface area (TPSA) is 81.5 Å². The highest BCUT2D eigenvalue weighted by Gasteiger charge is 2.21. The standard InChI is InChI=1S/C17H23N5O3/c1-12(23)19-9-13-8-14-10-21(6-7-22(14)20-13)11-15-17(25-3)16(24-2)4-5-18-15/h4-5,8H,6-7,9-11H2,1-3H3,(H,19,23). The smallest absolute Gasteiger partial charge is 0.217 e. The first-order chi connectivity index (χ1) is 12.1. The van der Waals surface area contributed by atoms with Crippen molar-refractivity contribution in [2.75, 3.05) is 20.8 Å². The summed E-state index contributed by atoms with van der Waals surface area (Å²) in [7, 11) is 3.25. The number of pyridine rings is 1. The summed E-state index contributed by atoms with van der Waals surface area (Å²) in [6.45, 7) is 5.09. The molecule has 0 aliphatic carbocycles. The predicted molar refractivity (Wildman–Crippen MR) is 91.2 cm³/mol. The van der Waals surface area contributed by atoms with Gasteiger partial charge in [0.1, 0.15) is 5.69 Å². The average molecular weight is 345 g/mol. The fourth-order valence-corrected chi connectivity index (χ4v) is 2.99. The van der Waals surface area contributed by atoms with E-state index in [2.05, 4.69) is 20.3 Å². The number of hydrogen-bond acceptors (Lipinski definition) is 6. The van der Waals surface area contributed by atoms with Gasteiger partial charge in [-0.1, -0.05) is 0 Å². The highest BCUT2D eigenvalue weighted by molar-refractivity contribution is 5.72. The summed E-state index contributed by atoms with van der Waals surface area (Å²) in [6, 6.07) is 3.83. The number of methoxy groups -OCH3 is 2. The van der Waals surface area contributed by atoms with Crippen LogP contribution < -0.4 is 14.8 Å². The van der Waals surface area contributed by atoms with E-state index in [1.54, 1.807) is 26.5 Å². The molecule has 0 saturated carbocycles. The highest BCUT2D eigenvalue weighted by Crippen LogP contribution is 2.30. The van der Waals surface area contributed by atoms with Crippen molar-refractivity contribution in [1.29, 1.82) is 0 Å². The fraction of sp³-hybridized carbons (Fsp3) is 0.471. The second-order valence-corrected chi connectivity index (χ2v) is 5.96. The lowest BCUT2D eigenvalue weighted by Gasteiger charge is -2.27. The number of carbonyl (C=O) groups is 1. The van der Waals surface area contributed by atoms with E-state index in [0.717, 1.165) is 36.7 Å². The lowest BCUT2D eigenvalue weighted by atomic mass is 10.2. The number of amides is 1. The molecule has 1 aliphatic heterocycles. The van der Waals surface area contributed by atoms with E-state index >= 15 is 0 Å². The summed E-state index contributed by atoms with van der Waals surface area (Å²) in [5.41, 5.74) is 2.87. The van der Waals surface area contributed by atoms with Crippen LogP contribution in [0.15, 0.2) is 18.3 Å². The van der Waals surface area contributed by atoms with Crippen molar-refractivity contribution in [2.24, 2.45) is 0 Å². The van der Waals surface area contributed by atoms with Gasteiger partial charge in [-0.3, -0.25) is 19.4 Å². The first-order valence-electron chi connectivity index (χ1n) is 8.19. The molecule has 2 aromatic heterocycles. The molecule has 3 heterocycles. The molecule has 0 saturated heterocycles. The molecule has 2 aromatic rings. The molecule has 3 rings (SSSR count). The van der Waals surface area contributed by atoms with E-state index in [9.17, 15) is 4.79 Å². The molecular formula is C17H23N5O3. The van der Waals surface area contributed by atoms with Crippen LogP contribution in [-0.4, -0.2) is 46.3 Å². The van der Waals surface area contributed by atoms with Crippen LogP contribution in [0.3, 0.4) is 0 Å². The summed E-state index contributed by atoms with van der Waals surface area (Å²) >= 11 is 0. The van der Waals surface area contributed by atoms with Crippen LogP contribution in [0.5, 0.6) is 11.5 Å². The fourth-order valence-electron chi connectivity index (χ4n) is 2.99. The summed E-state index contributed by atoms with van der Waals surface area (Å²) < 4.78 is 12.8. The van der Waals surface area contributed by atoms with Gasteiger partial charge in [-0.05, 0) is 6.07 Å². The van der Waals surface area contributed by atoms with Gasteiger partial charge in [0.15, 0.2) is 11.5 Å². The van der Waals surface area contributed by atoms with Gasteiger partial charge in [0.25, 0.3) is 0 Å². The zero-order valence-corrected chi connectivity index (χ0v) is 14.8. The Kier molecular flexibility index (Phi) is 5.18. The Labute approximate surface area is 146 Å². The Hall–Kier alpha value is -2.61. The lowest BCUT2D eigenvalue weighted by molar-refractivity contribution is -0.119. The van der Waals surface area contributed by atoms with Crippen LogP contribution in [0.1, 0.15) is 24.0 Å². The molecule has 0 unspecified atom stereocenters. The molecule has 1 amide bonds. The quantitative estimate of drug-likeness (QED) is 0.839. The molecule has 134 valence electrons. The van der Waals surface area contributed by atoms with Gasteiger partial charge in [0.2, 0.25) is 5.91 Å². The van der Waals surface area contributed by atoms with Gasteiger partial charge < -0.3 is 14.8 Å². The van der Waals surface area contributed by atoms with Gasteiger partial charge in [-0.15, -0.1) is 0 Å². The molecule has 0 radical (unpaired) electrons. The maximum atomic E-state index is 11.0. The van der Waals surface area contributed by atoms with Crippen LogP contribution >= 0.6 is 0 Å². The molecule has 0 aromatic carbocycles. The molecule has 0 atom stereocenters. The number of carbonyl (C=O) groups excluding carboxylic acids is 1. The molecule has 1 aliphatic rings. The Balaban J connectivity index is 1.70. The average Bonchev–Trinajstić information content (AvgIpc) is 3.02. The zero-order valence-electron chi connectivity index (χ0n) is 14.8. The number of fused-ring (bicyclic) bond motifs is 1. The molecule has 0 spiro atoms. The number of hydrogen-bond donors (Lipinski definition) is 1. The largest absolute Gasteiger partial charge is 0.493 e. The number of ether oxygens (including phenoxy) is 2. The predicted octanol–water partition coefficient (Wildman–Crippen LogP) is 0.947. The Morgan fingerprint density at radius 1 is 1.32 bits per heavy atom. The molecule has 0 bridgehead atoms. The second-order valence-electron chi connectivity index (χ2n) is 5.96.